The lowest BCUT2D eigenvalue weighted by atomic mass is 9.89. The van der Waals surface area contributed by atoms with E-state index in [1.54, 1.807) is 0 Å². The van der Waals surface area contributed by atoms with Gasteiger partial charge in [-0.1, -0.05) is 146 Å². The minimum atomic E-state index is 0.643. The molecule has 216 valence electrons. The molecule has 2 aromatic heterocycles. The van der Waals surface area contributed by atoms with Crippen LogP contribution in [0, 0.1) is 0 Å². The number of hydrogen-bond donors (Lipinski definition) is 0. The fourth-order valence-electron chi connectivity index (χ4n) is 5.93. The van der Waals surface area contributed by atoms with E-state index >= 15 is 0 Å². The van der Waals surface area contributed by atoms with Crippen molar-refractivity contribution in [1.29, 1.82) is 0 Å². The SMILES string of the molecule is c1ccc(-c2nc(-c3ccccc3)nc(-c3ccc(-c4ccc5ccccc5c4-c4ccc(-c5ccncc5)cc4)cc3)n2)cc1. The van der Waals surface area contributed by atoms with E-state index in [9.17, 15) is 0 Å². The summed E-state index contributed by atoms with van der Waals surface area (Å²) < 4.78 is 0. The average molecular weight is 589 g/mol. The zero-order valence-electron chi connectivity index (χ0n) is 25.0. The minimum absolute atomic E-state index is 0.643. The molecule has 0 bridgehead atoms. The summed E-state index contributed by atoms with van der Waals surface area (Å²) in [6.45, 7) is 0. The van der Waals surface area contributed by atoms with Crippen LogP contribution in [0.2, 0.25) is 0 Å². The molecule has 0 unspecified atom stereocenters. The quantitative estimate of drug-likeness (QED) is 0.194. The van der Waals surface area contributed by atoms with Crippen LogP contribution < -0.4 is 0 Å². The molecule has 0 N–H and O–H groups in total. The second kappa shape index (κ2) is 12.0. The lowest BCUT2D eigenvalue weighted by Crippen LogP contribution is -2.00. The molecule has 0 fully saturated rings. The molecular formula is C42H28N4. The van der Waals surface area contributed by atoms with Crippen molar-refractivity contribution in [1.82, 2.24) is 19.9 Å². The Balaban J connectivity index is 1.22. The Hall–Kier alpha value is -6.26. The molecular weight excluding hydrogens is 560 g/mol. The van der Waals surface area contributed by atoms with Crippen LogP contribution in [-0.2, 0) is 0 Å². The molecule has 8 aromatic rings. The summed E-state index contributed by atoms with van der Waals surface area (Å²) in [6, 6.07) is 54.6. The number of pyridine rings is 1. The van der Waals surface area contributed by atoms with E-state index in [2.05, 4.69) is 89.9 Å². The molecule has 0 spiro atoms. The maximum atomic E-state index is 4.91. The molecule has 8 rings (SSSR count). The highest BCUT2D eigenvalue weighted by Gasteiger charge is 2.15. The molecule has 0 saturated carbocycles. The first-order chi connectivity index (χ1) is 22.8. The molecule has 0 aliphatic carbocycles. The van der Waals surface area contributed by atoms with Gasteiger partial charge in [0.15, 0.2) is 17.5 Å². The highest BCUT2D eigenvalue weighted by molar-refractivity contribution is 6.04. The second-order valence-corrected chi connectivity index (χ2v) is 11.1. The van der Waals surface area contributed by atoms with Gasteiger partial charge in [0.25, 0.3) is 0 Å². The van der Waals surface area contributed by atoms with E-state index in [0.29, 0.717) is 17.5 Å². The number of fused-ring (bicyclic) bond motifs is 1. The summed E-state index contributed by atoms with van der Waals surface area (Å²) in [5.74, 6) is 1.95. The minimum Gasteiger partial charge on any atom is -0.265 e. The summed E-state index contributed by atoms with van der Waals surface area (Å²) in [5.41, 5.74) is 9.85. The molecule has 2 heterocycles. The Morgan fingerprint density at radius 1 is 0.304 bits per heavy atom. The van der Waals surface area contributed by atoms with Crippen molar-refractivity contribution in [2.75, 3.05) is 0 Å². The van der Waals surface area contributed by atoms with Gasteiger partial charge in [-0.25, -0.2) is 15.0 Å². The Labute approximate surface area is 267 Å². The fraction of sp³-hybridized carbons (Fsp3) is 0. The topological polar surface area (TPSA) is 51.6 Å². The standard InChI is InChI=1S/C42H28N4/c1-3-10-34(11-4-1)40-44-41(35-12-5-2-6-13-35)46-42(45-40)36-21-17-32(18-22-36)38-24-23-31-9-7-8-14-37(31)39(38)33-19-15-29(16-20-33)30-25-27-43-28-26-30/h1-28H. The average Bonchev–Trinajstić information content (AvgIpc) is 3.15. The molecule has 0 atom stereocenters. The van der Waals surface area contributed by atoms with Crippen molar-refractivity contribution >= 4 is 10.8 Å². The fourth-order valence-corrected chi connectivity index (χ4v) is 5.93. The van der Waals surface area contributed by atoms with Crippen LogP contribution in [0.15, 0.2) is 170 Å². The Bertz CT molecular complexity index is 2210. The maximum absolute atomic E-state index is 4.91. The van der Waals surface area contributed by atoms with Crippen molar-refractivity contribution in [2.45, 2.75) is 0 Å². The van der Waals surface area contributed by atoms with Gasteiger partial charge in [0.2, 0.25) is 0 Å². The maximum Gasteiger partial charge on any atom is 0.164 e. The molecule has 4 nitrogen and oxygen atoms in total. The first kappa shape index (κ1) is 27.3. The Kier molecular flexibility index (Phi) is 7.14. The summed E-state index contributed by atoms with van der Waals surface area (Å²) in [7, 11) is 0. The third-order valence-corrected chi connectivity index (χ3v) is 8.27. The molecule has 46 heavy (non-hydrogen) atoms. The van der Waals surface area contributed by atoms with Crippen molar-refractivity contribution in [3.8, 4) is 67.5 Å². The Morgan fingerprint density at radius 3 is 1.37 bits per heavy atom. The van der Waals surface area contributed by atoms with E-state index in [1.165, 1.54) is 33.0 Å². The van der Waals surface area contributed by atoms with Crippen molar-refractivity contribution < 1.29 is 0 Å². The van der Waals surface area contributed by atoms with E-state index in [4.69, 9.17) is 15.0 Å². The van der Waals surface area contributed by atoms with Gasteiger partial charge in [0, 0.05) is 29.1 Å². The van der Waals surface area contributed by atoms with Crippen molar-refractivity contribution in [3.63, 3.8) is 0 Å². The molecule has 0 amide bonds. The third kappa shape index (κ3) is 5.33. The number of aromatic nitrogens is 4. The van der Waals surface area contributed by atoms with E-state index in [-0.39, 0.29) is 0 Å². The summed E-state index contributed by atoms with van der Waals surface area (Å²) in [4.78, 5) is 18.8. The number of benzene rings is 6. The van der Waals surface area contributed by atoms with Crippen LogP contribution in [0.4, 0.5) is 0 Å². The number of nitrogens with zero attached hydrogens (tertiary/aromatic N) is 4. The van der Waals surface area contributed by atoms with Crippen LogP contribution >= 0.6 is 0 Å². The largest absolute Gasteiger partial charge is 0.265 e. The highest BCUT2D eigenvalue weighted by atomic mass is 15.0. The zero-order chi connectivity index (χ0) is 30.7. The van der Waals surface area contributed by atoms with Gasteiger partial charge >= 0.3 is 0 Å². The van der Waals surface area contributed by atoms with Gasteiger partial charge in [-0.3, -0.25) is 4.98 Å². The molecule has 6 aromatic carbocycles. The van der Waals surface area contributed by atoms with Gasteiger partial charge in [-0.15, -0.1) is 0 Å². The summed E-state index contributed by atoms with van der Waals surface area (Å²) in [5, 5.41) is 2.43. The molecule has 4 heteroatoms. The van der Waals surface area contributed by atoms with Crippen LogP contribution in [0.3, 0.4) is 0 Å². The van der Waals surface area contributed by atoms with Gasteiger partial charge in [0.1, 0.15) is 0 Å². The summed E-state index contributed by atoms with van der Waals surface area (Å²) in [6.07, 6.45) is 3.66. The second-order valence-electron chi connectivity index (χ2n) is 11.1. The molecule has 0 aliphatic heterocycles. The van der Waals surface area contributed by atoms with Gasteiger partial charge in [0.05, 0.1) is 0 Å². The van der Waals surface area contributed by atoms with Gasteiger partial charge in [-0.05, 0) is 56.3 Å². The van der Waals surface area contributed by atoms with Crippen LogP contribution in [-0.4, -0.2) is 19.9 Å². The van der Waals surface area contributed by atoms with E-state index in [1.807, 2.05) is 85.2 Å². The summed E-state index contributed by atoms with van der Waals surface area (Å²) >= 11 is 0. The van der Waals surface area contributed by atoms with Crippen LogP contribution in [0.5, 0.6) is 0 Å². The van der Waals surface area contributed by atoms with Crippen LogP contribution in [0.25, 0.3) is 78.3 Å². The van der Waals surface area contributed by atoms with Crippen molar-refractivity contribution in [3.05, 3.63) is 170 Å². The lowest BCUT2D eigenvalue weighted by Gasteiger charge is -2.15. The Morgan fingerprint density at radius 2 is 0.761 bits per heavy atom. The lowest BCUT2D eigenvalue weighted by molar-refractivity contribution is 1.07. The highest BCUT2D eigenvalue weighted by Crippen LogP contribution is 2.39. The van der Waals surface area contributed by atoms with Gasteiger partial charge in [-0.2, -0.15) is 0 Å². The van der Waals surface area contributed by atoms with E-state index in [0.717, 1.165) is 27.8 Å². The first-order valence-electron chi connectivity index (χ1n) is 15.3. The van der Waals surface area contributed by atoms with Crippen molar-refractivity contribution in [2.24, 2.45) is 0 Å². The smallest absolute Gasteiger partial charge is 0.164 e. The van der Waals surface area contributed by atoms with Crippen LogP contribution in [0.1, 0.15) is 0 Å². The van der Waals surface area contributed by atoms with E-state index < -0.39 is 0 Å². The first-order valence-corrected chi connectivity index (χ1v) is 15.3. The zero-order valence-corrected chi connectivity index (χ0v) is 25.0. The monoisotopic (exact) mass is 588 g/mol. The predicted molar refractivity (Wildman–Crippen MR) is 188 cm³/mol. The molecule has 0 saturated heterocycles. The number of rotatable bonds is 6. The van der Waals surface area contributed by atoms with Gasteiger partial charge < -0.3 is 0 Å². The predicted octanol–water partition coefficient (Wildman–Crippen LogP) is 10.4. The normalized spacial score (nSPS) is 11.0. The molecule has 0 aliphatic rings. The number of hydrogen-bond acceptors (Lipinski definition) is 4. The third-order valence-electron chi connectivity index (χ3n) is 8.27. The molecule has 0 radical (unpaired) electrons.